The maximum atomic E-state index is 6.06. The molecule has 19 heavy (non-hydrogen) atoms. The van der Waals surface area contributed by atoms with Gasteiger partial charge in [0.15, 0.2) is 0 Å². The molecule has 0 amide bonds. The van der Waals surface area contributed by atoms with Crippen molar-refractivity contribution in [1.29, 1.82) is 0 Å². The van der Waals surface area contributed by atoms with E-state index in [0.29, 0.717) is 5.41 Å². The lowest BCUT2D eigenvalue weighted by Crippen LogP contribution is -2.54. The fourth-order valence-corrected chi connectivity index (χ4v) is 6.53. The smallest absolute Gasteiger partial charge is 0.0808 e. The lowest BCUT2D eigenvalue weighted by molar-refractivity contribution is -0.122. The first-order valence-electron chi connectivity index (χ1n) is 8.47. The van der Waals surface area contributed by atoms with E-state index >= 15 is 0 Å². The van der Waals surface area contributed by atoms with Crippen molar-refractivity contribution in [2.75, 3.05) is 20.2 Å². The van der Waals surface area contributed by atoms with Gasteiger partial charge in [-0.05, 0) is 87.5 Å². The van der Waals surface area contributed by atoms with Gasteiger partial charge in [-0.3, -0.25) is 0 Å². The molecule has 0 radical (unpaired) electrons. The third-order valence-electron chi connectivity index (χ3n) is 6.73. The fraction of sp³-hybridized carbons (Fsp3) is 1.00. The molecule has 1 N–H and O–H groups in total. The van der Waals surface area contributed by atoms with Gasteiger partial charge in [-0.2, -0.15) is 0 Å². The minimum absolute atomic E-state index is 0.157. The van der Waals surface area contributed by atoms with Gasteiger partial charge in [0.25, 0.3) is 0 Å². The van der Waals surface area contributed by atoms with E-state index in [1.165, 1.54) is 45.1 Å². The number of hydrogen-bond acceptors (Lipinski definition) is 2. The summed E-state index contributed by atoms with van der Waals surface area (Å²) in [5.41, 5.74) is 0.813. The van der Waals surface area contributed by atoms with Gasteiger partial charge in [0.2, 0.25) is 0 Å². The highest BCUT2D eigenvalue weighted by Gasteiger charge is 2.53. The first-order valence-corrected chi connectivity index (χ1v) is 8.47. The maximum Gasteiger partial charge on any atom is 0.0808 e. The average Bonchev–Trinajstić information content (AvgIpc) is 2.37. The second-order valence-electron chi connectivity index (χ2n) is 8.26. The zero-order valence-corrected chi connectivity index (χ0v) is 12.4. The Morgan fingerprint density at radius 3 is 2.16 bits per heavy atom. The number of ether oxygens (including phenoxy) is 1. The molecule has 4 aliphatic carbocycles. The van der Waals surface area contributed by atoms with Crippen LogP contribution in [0.1, 0.15) is 57.8 Å². The van der Waals surface area contributed by atoms with Crippen LogP contribution < -0.4 is 5.32 Å². The van der Waals surface area contributed by atoms with Crippen LogP contribution in [0.3, 0.4) is 0 Å². The average molecular weight is 263 g/mol. The van der Waals surface area contributed by atoms with Crippen LogP contribution in [0.2, 0.25) is 0 Å². The summed E-state index contributed by atoms with van der Waals surface area (Å²) in [7, 11) is 1.95. The van der Waals surface area contributed by atoms with Crippen molar-refractivity contribution in [3.05, 3.63) is 0 Å². The van der Waals surface area contributed by atoms with Gasteiger partial charge < -0.3 is 10.1 Å². The highest BCUT2D eigenvalue weighted by molar-refractivity contribution is 5.05. The molecule has 108 valence electrons. The Morgan fingerprint density at radius 1 is 1.05 bits per heavy atom. The first-order chi connectivity index (χ1) is 9.21. The van der Waals surface area contributed by atoms with Crippen molar-refractivity contribution >= 4 is 0 Å². The Hall–Kier alpha value is -0.0800. The van der Waals surface area contributed by atoms with E-state index in [1.807, 2.05) is 7.11 Å². The highest BCUT2D eigenvalue weighted by atomic mass is 16.5. The molecule has 1 saturated heterocycles. The molecular formula is C17H29NO. The summed E-state index contributed by atoms with van der Waals surface area (Å²) in [6.45, 7) is 2.28. The fourth-order valence-electron chi connectivity index (χ4n) is 6.53. The SMILES string of the molecule is COC1(CC23CC4CC(CC(C4)C2)C3)CCCNC1. The summed E-state index contributed by atoms with van der Waals surface area (Å²) >= 11 is 0. The van der Waals surface area contributed by atoms with Gasteiger partial charge in [-0.1, -0.05) is 0 Å². The molecule has 0 aromatic carbocycles. The topological polar surface area (TPSA) is 21.3 Å². The van der Waals surface area contributed by atoms with E-state index in [1.54, 1.807) is 19.3 Å². The molecule has 1 heterocycles. The number of piperidine rings is 1. The Balaban J connectivity index is 1.55. The van der Waals surface area contributed by atoms with Crippen molar-refractivity contribution in [3.8, 4) is 0 Å². The van der Waals surface area contributed by atoms with E-state index in [2.05, 4.69) is 5.32 Å². The Morgan fingerprint density at radius 2 is 1.68 bits per heavy atom. The zero-order valence-electron chi connectivity index (χ0n) is 12.4. The van der Waals surface area contributed by atoms with E-state index < -0.39 is 0 Å². The quantitative estimate of drug-likeness (QED) is 0.843. The largest absolute Gasteiger partial charge is 0.377 e. The Bertz CT molecular complexity index is 310. The summed E-state index contributed by atoms with van der Waals surface area (Å²) < 4.78 is 6.06. The zero-order chi connectivity index (χ0) is 12.9. The molecule has 5 aliphatic rings. The van der Waals surface area contributed by atoms with Crippen LogP contribution >= 0.6 is 0 Å². The lowest BCUT2D eigenvalue weighted by Gasteiger charge is -2.59. The predicted molar refractivity (Wildman–Crippen MR) is 77.1 cm³/mol. The summed E-state index contributed by atoms with van der Waals surface area (Å²) in [4.78, 5) is 0. The van der Waals surface area contributed by atoms with Gasteiger partial charge in [0.1, 0.15) is 0 Å². The van der Waals surface area contributed by atoms with Crippen LogP contribution in [-0.2, 0) is 4.74 Å². The monoisotopic (exact) mass is 263 g/mol. The van der Waals surface area contributed by atoms with Crippen LogP contribution in [0, 0.1) is 23.2 Å². The van der Waals surface area contributed by atoms with Gasteiger partial charge in [0.05, 0.1) is 5.60 Å². The number of methoxy groups -OCH3 is 1. The number of rotatable bonds is 3. The highest BCUT2D eigenvalue weighted by Crippen LogP contribution is 2.62. The number of hydrogen-bond donors (Lipinski definition) is 1. The van der Waals surface area contributed by atoms with Gasteiger partial charge in [-0.15, -0.1) is 0 Å². The van der Waals surface area contributed by atoms with Crippen molar-refractivity contribution < 1.29 is 4.74 Å². The maximum absolute atomic E-state index is 6.06. The van der Waals surface area contributed by atoms with Crippen LogP contribution in [0.5, 0.6) is 0 Å². The molecule has 0 aromatic rings. The molecule has 4 bridgehead atoms. The third kappa shape index (κ3) is 2.15. The van der Waals surface area contributed by atoms with Crippen LogP contribution in [0.15, 0.2) is 0 Å². The summed E-state index contributed by atoms with van der Waals surface area (Å²) in [6.07, 6.45) is 13.1. The summed E-state index contributed by atoms with van der Waals surface area (Å²) in [5, 5.41) is 3.58. The van der Waals surface area contributed by atoms with Crippen LogP contribution in [-0.4, -0.2) is 25.8 Å². The molecule has 1 aliphatic heterocycles. The minimum atomic E-state index is 0.157. The Kier molecular flexibility index (Phi) is 2.97. The third-order valence-corrected chi connectivity index (χ3v) is 6.73. The molecule has 5 fully saturated rings. The van der Waals surface area contributed by atoms with Crippen molar-refractivity contribution in [2.45, 2.75) is 63.4 Å². The van der Waals surface area contributed by atoms with Crippen molar-refractivity contribution in [1.82, 2.24) is 5.32 Å². The number of nitrogens with one attached hydrogen (secondary N) is 1. The molecular weight excluding hydrogens is 234 g/mol. The van der Waals surface area contributed by atoms with E-state index in [4.69, 9.17) is 4.74 Å². The molecule has 5 rings (SSSR count). The van der Waals surface area contributed by atoms with Crippen molar-refractivity contribution in [2.24, 2.45) is 23.2 Å². The predicted octanol–water partition coefficient (Wildman–Crippen LogP) is 3.36. The summed E-state index contributed by atoms with van der Waals surface area (Å²) in [6, 6.07) is 0. The molecule has 1 atom stereocenters. The van der Waals surface area contributed by atoms with E-state index in [0.717, 1.165) is 24.3 Å². The van der Waals surface area contributed by atoms with Gasteiger partial charge >= 0.3 is 0 Å². The standard InChI is InChI=1S/C17H29NO/c1-19-17(3-2-4-18-12-17)11-16-8-13-5-14(9-16)7-15(6-13)10-16/h13-15,18H,2-12H2,1H3. The van der Waals surface area contributed by atoms with Crippen LogP contribution in [0.4, 0.5) is 0 Å². The Labute approximate surface area is 117 Å². The summed E-state index contributed by atoms with van der Waals surface area (Å²) in [5.74, 6) is 3.20. The molecule has 2 heteroatoms. The molecule has 2 nitrogen and oxygen atoms in total. The van der Waals surface area contributed by atoms with Crippen molar-refractivity contribution in [3.63, 3.8) is 0 Å². The molecule has 0 spiro atoms. The second kappa shape index (κ2) is 4.46. The first kappa shape index (κ1) is 12.6. The lowest BCUT2D eigenvalue weighted by atomic mass is 9.47. The van der Waals surface area contributed by atoms with Gasteiger partial charge in [0, 0.05) is 13.7 Å². The molecule has 0 aromatic heterocycles. The van der Waals surface area contributed by atoms with E-state index in [9.17, 15) is 0 Å². The van der Waals surface area contributed by atoms with Gasteiger partial charge in [-0.25, -0.2) is 0 Å². The molecule has 1 unspecified atom stereocenters. The van der Waals surface area contributed by atoms with E-state index in [-0.39, 0.29) is 5.60 Å². The molecule has 4 saturated carbocycles. The van der Waals surface area contributed by atoms with Crippen LogP contribution in [0.25, 0.3) is 0 Å². The normalized spacial score (nSPS) is 52.6. The minimum Gasteiger partial charge on any atom is -0.377 e. The second-order valence-corrected chi connectivity index (χ2v) is 8.26.